The van der Waals surface area contributed by atoms with Gasteiger partial charge in [0.2, 0.25) is 0 Å². The summed E-state index contributed by atoms with van der Waals surface area (Å²) in [6.45, 7) is 4.34. The van der Waals surface area contributed by atoms with Gasteiger partial charge in [0.05, 0.1) is 28.9 Å². The highest BCUT2D eigenvalue weighted by Crippen LogP contribution is 2.31. The first-order valence-electron chi connectivity index (χ1n) is 10.9. The highest BCUT2D eigenvalue weighted by atomic mass is 32.2. The van der Waals surface area contributed by atoms with Crippen LogP contribution in [0.1, 0.15) is 15.9 Å². The van der Waals surface area contributed by atoms with E-state index in [9.17, 15) is 18.3 Å². The lowest BCUT2D eigenvalue weighted by molar-refractivity contribution is 0.0697. The molecule has 0 bridgehead atoms. The molecule has 178 valence electrons. The average Bonchev–Trinajstić information content (AvgIpc) is 2.84. The van der Waals surface area contributed by atoms with Gasteiger partial charge in [-0.2, -0.15) is 0 Å². The molecule has 34 heavy (non-hydrogen) atoms. The molecular weight excluding hydrogens is 454 g/mol. The third kappa shape index (κ3) is 4.79. The molecule has 4 rings (SSSR count). The van der Waals surface area contributed by atoms with Crippen molar-refractivity contribution in [1.29, 1.82) is 0 Å². The largest absolute Gasteiger partial charge is 0.495 e. The molecule has 8 nitrogen and oxygen atoms in total. The minimum Gasteiger partial charge on any atom is -0.495 e. The van der Waals surface area contributed by atoms with Gasteiger partial charge in [0.25, 0.3) is 10.0 Å². The van der Waals surface area contributed by atoms with Crippen molar-refractivity contribution in [2.45, 2.75) is 11.8 Å². The minimum atomic E-state index is -3.84. The van der Waals surface area contributed by atoms with Crippen molar-refractivity contribution in [3.8, 4) is 5.75 Å². The summed E-state index contributed by atoms with van der Waals surface area (Å²) in [5.41, 5.74) is 2.43. The highest BCUT2D eigenvalue weighted by Gasteiger charge is 2.24. The van der Waals surface area contributed by atoms with Crippen molar-refractivity contribution >= 4 is 33.1 Å². The number of nitrogens with one attached hydrogen (secondary N) is 1. The molecule has 1 fully saturated rings. The SMILES string of the molecule is COc1ccccc1N1CCN(c2ccc(NS(=O)(=O)c3ccccc3C)cc2C(=O)O)CC1. The second-order valence-corrected chi connectivity index (χ2v) is 9.70. The molecule has 1 aliphatic heterocycles. The molecule has 0 aliphatic carbocycles. The van der Waals surface area contributed by atoms with E-state index in [2.05, 4.69) is 9.62 Å². The molecule has 0 atom stereocenters. The Morgan fingerprint density at radius 3 is 2.18 bits per heavy atom. The first-order valence-corrected chi connectivity index (χ1v) is 12.4. The van der Waals surface area contributed by atoms with Crippen LogP contribution in [-0.2, 0) is 10.0 Å². The maximum Gasteiger partial charge on any atom is 0.337 e. The van der Waals surface area contributed by atoms with Gasteiger partial charge in [0.15, 0.2) is 0 Å². The van der Waals surface area contributed by atoms with Crippen LogP contribution in [-0.4, -0.2) is 52.8 Å². The molecule has 0 spiro atoms. The number of nitrogens with zero attached hydrogens (tertiary/aromatic N) is 2. The average molecular weight is 482 g/mol. The number of anilines is 3. The topological polar surface area (TPSA) is 99.2 Å². The van der Waals surface area contributed by atoms with Gasteiger partial charge in [-0.25, -0.2) is 13.2 Å². The number of aromatic carboxylic acids is 1. The Labute approximate surface area is 199 Å². The minimum absolute atomic E-state index is 0.0516. The standard InChI is InChI=1S/C25H27N3O5S/c1-18-7-3-6-10-24(18)34(31,32)26-19-11-12-21(20(17-19)25(29)30)27-13-15-28(16-14-27)22-8-4-5-9-23(22)33-2/h3-12,17,26H,13-16H2,1-2H3,(H,29,30). The smallest absolute Gasteiger partial charge is 0.337 e. The number of carboxylic acids is 1. The second kappa shape index (κ2) is 9.64. The van der Waals surface area contributed by atoms with Crippen LogP contribution in [0.3, 0.4) is 0 Å². The van der Waals surface area contributed by atoms with E-state index < -0.39 is 16.0 Å². The molecule has 3 aromatic carbocycles. The summed E-state index contributed by atoms with van der Waals surface area (Å²) in [6.07, 6.45) is 0. The number of aryl methyl sites for hydroxylation is 1. The summed E-state index contributed by atoms with van der Waals surface area (Å²) in [5, 5.41) is 9.85. The third-order valence-electron chi connectivity index (χ3n) is 5.91. The quantitative estimate of drug-likeness (QED) is 0.529. The maximum atomic E-state index is 12.8. The number of sulfonamides is 1. The van der Waals surface area contributed by atoms with E-state index >= 15 is 0 Å². The van der Waals surface area contributed by atoms with Crippen molar-refractivity contribution < 1.29 is 23.1 Å². The fourth-order valence-electron chi connectivity index (χ4n) is 4.19. The lowest BCUT2D eigenvalue weighted by Gasteiger charge is -2.38. The van der Waals surface area contributed by atoms with Crippen molar-refractivity contribution in [2.75, 3.05) is 47.8 Å². The molecular formula is C25H27N3O5S. The number of ether oxygens (including phenoxy) is 1. The molecule has 9 heteroatoms. The van der Waals surface area contributed by atoms with E-state index in [0.717, 1.165) is 11.4 Å². The molecule has 0 aromatic heterocycles. The van der Waals surface area contributed by atoms with E-state index in [-0.39, 0.29) is 16.1 Å². The normalized spacial score (nSPS) is 14.1. The van der Waals surface area contributed by atoms with Crippen LogP contribution in [0, 0.1) is 6.92 Å². The molecule has 0 saturated carbocycles. The fourth-order valence-corrected chi connectivity index (χ4v) is 5.49. The Bertz CT molecular complexity index is 1300. The number of carboxylic acid groups (broad SMARTS) is 1. The van der Waals surface area contributed by atoms with Crippen molar-refractivity contribution in [3.05, 3.63) is 77.9 Å². The molecule has 2 N–H and O–H groups in total. The van der Waals surface area contributed by atoms with E-state index in [0.29, 0.717) is 37.4 Å². The van der Waals surface area contributed by atoms with Crippen LogP contribution in [0.15, 0.2) is 71.6 Å². The van der Waals surface area contributed by atoms with Gasteiger partial charge in [-0.1, -0.05) is 30.3 Å². The van der Waals surface area contributed by atoms with E-state index in [4.69, 9.17) is 4.74 Å². The van der Waals surface area contributed by atoms with Gasteiger partial charge in [-0.15, -0.1) is 0 Å². The fraction of sp³-hybridized carbons (Fsp3) is 0.240. The number of hydrogen-bond donors (Lipinski definition) is 2. The summed E-state index contributed by atoms with van der Waals surface area (Å²) in [7, 11) is -2.20. The Morgan fingerprint density at radius 2 is 1.53 bits per heavy atom. The molecule has 0 radical (unpaired) electrons. The van der Waals surface area contributed by atoms with E-state index in [1.54, 1.807) is 44.4 Å². The van der Waals surface area contributed by atoms with Crippen molar-refractivity contribution in [1.82, 2.24) is 0 Å². The van der Waals surface area contributed by atoms with Crippen molar-refractivity contribution in [2.24, 2.45) is 0 Å². The summed E-state index contributed by atoms with van der Waals surface area (Å²) < 4.78 is 33.6. The zero-order chi connectivity index (χ0) is 24.3. The zero-order valence-corrected chi connectivity index (χ0v) is 19.9. The number of methoxy groups -OCH3 is 1. The Hall–Kier alpha value is -3.72. The number of piperazine rings is 1. The number of benzene rings is 3. The van der Waals surface area contributed by atoms with Gasteiger partial charge in [0.1, 0.15) is 5.75 Å². The predicted octanol–water partition coefficient (Wildman–Crippen LogP) is 3.83. The summed E-state index contributed by atoms with van der Waals surface area (Å²) in [4.78, 5) is 16.4. The van der Waals surface area contributed by atoms with Gasteiger partial charge in [-0.3, -0.25) is 4.72 Å². The van der Waals surface area contributed by atoms with Crippen LogP contribution >= 0.6 is 0 Å². The van der Waals surface area contributed by atoms with E-state index in [1.807, 2.05) is 29.2 Å². The summed E-state index contributed by atoms with van der Waals surface area (Å²) in [6, 6.07) is 19.1. The van der Waals surface area contributed by atoms with Gasteiger partial charge < -0.3 is 19.6 Å². The van der Waals surface area contributed by atoms with Gasteiger partial charge >= 0.3 is 5.97 Å². The van der Waals surface area contributed by atoms with Crippen molar-refractivity contribution in [3.63, 3.8) is 0 Å². The summed E-state index contributed by atoms with van der Waals surface area (Å²) in [5.74, 6) is -0.313. The molecule has 0 unspecified atom stereocenters. The Kier molecular flexibility index (Phi) is 6.65. The second-order valence-electron chi connectivity index (χ2n) is 8.05. The number of rotatable bonds is 7. The number of para-hydroxylation sites is 2. The third-order valence-corrected chi connectivity index (χ3v) is 7.45. The van der Waals surface area contributed by atoms with Crippen LogP contribution in [0.2, 0.25) is 0 Å². The first-order chi connectivity index (χ1) is 16.3. The van der Waals surface area contributed by atoms with Crippen LogP contribution in [0.4, 0.5) is 17.1 Å². The zero-order valence-electron chi connectivity index (χ0n) is 19.1. The predicted molar refractivity (Wildman–Crippen MR) is 133 cm³/mol. The van der Waals surface area contributed by atoms with Crippen LogP contribution in [0.5, 0.6) is 5.75 Å². The molecule has 3 aromatic rings. The highest BCUT2D eigenvalue weighted by molar-refractivity contribution is 7.92. The monoisotopic (exact) mass is 481 g/mol. The Balaban J connectivity index is 1.54. The first kappa shape index (κ1) is 23.4. The molecule has 1 heterocycles. The lowest BCUT2D eigenvalue weighted by atomic mass is 10.1. The molecule has 1 aliphatic rings. The maximum absolute atomic E-state index is 12.8. The molecule has 0 amide bonds. The Morgan fingerprint density at radius 1 is 0.912 bits per heavy atom. The van der Waals surface area contributed by atoms with Gasteiger partial charge in [-0.05, 0) is 48.9 Å². The molecule has 1 saturated heterocycles. The number of hydrogen-bond acceptors (Lipinski definition) is 6. The van der Waals surface area contributed by atoms with E-state index in [1.165, 1.54) is 12.1 Å². The van der Waals surface area contributed by atoms with Gasteiger partial charge in [0, 0.05) is 31.9 Å². The van der Waals surface area contributed by atoms with Crippen LogP contribution < -0.4 is 19.3 Å². The summed E-state index contributed by atoms with van der Waals surface area (Å²) >= 11 is 0. The lowest BCUT2D eigenvalue weighted by Crippen LogP contribution is -2.47. The van der Waals surface area contributed by atoms with Crippen LogP contribution in [0.25, 0.3) is 0 Å². The number of carbonyl (C=O) groups is 1.